The Morgan fingerprint density at radius 3 is 1.99 bits per heavy atom. The van der Waals surface area contributed by atoms with Crippen LogP contribution in [0.4, 0.5) is 4.79 Å². The van der Waals surface area contributed by atoms with Gasteiger partial charge in [0.15, 0.2) is 11.9 Å². The van der Waals surface area contributed by atoms with Crippen LogP contribution >= 0.6 is 0 Å². The monoisotopic (exact) mass is 1070 g/mol. The van der Waals surface area contributed by atoms with Crippen LogP contribution in [-0.2, 0) is 65.2 Å². The Balaban J connectivity index is 1.98. The zero-order valence-electron chi connectivity index (χ0n) is 48.3. The van der Waals surface area contributed by atoms with Gasteiger partial charge in [0.2, 0.25) is 31.9 Å². The average molecular weight is 1070 g/mol. The van der Waals surface area contributed by atoms with Gasteiger partial charge in [0.05, 0.1) is 31.6 Å². The van der Waals surface area contributed by atoms with Gasteiger partial charge in [-0.15, -0.1) is 0 Å². The quantitative estimate of drug-likeness (QED) is 0.0796. The van der Waals surface area contributed by atoms with Crippen LogP contribution in [0.2, 0.25) is 16.6 Å². The first-order valence-electron chi connectivity index (χ1n) is 27.4. The number of ether oxygens (including phenoxy) is 4. The molecule has 10 atom stereocenters. The molecule has 0 unspecified atom stereocenters. The van der Waals surface area contributed by atoms with E-state index in [1.807, 2.05) is 33.8 Å². The van der Waals surface area contributed by atoms with Crippen molar-refractivity contribution in [3.63, 3.8) is 0 Å². The Morgan fingerprint density at radius 1 is 0.813 bits per heavy atom. The number of nitrogens with one attached hydrogen (secondary N) is 3. The van der Waals surface area contributed by atoms with E-state index in [9.17, 15) is 28.8 Å². The number of hydrogen-bond acceptors (Lipinski definition) is 13. The molecule has 19 heteroatoms. The lowest BCUT2D eigenvalue weighted by Crippen LogP contribution is -2.62. The normalized spacial score (nSPS) is 26.9. The number of carbonyl (C=O) groups is 8. The van der Waals surface area contributed by atoms with Crippen molar-refractivity contribution in [3.05, 3.63) is 29.3 Å². The summed E-state index contributed by atoms with van der Waals surface area (Å²) in [6.07, 6.45) is -3.71. The molecule has 0 spiro atoms. The van der Waals surface area contributed by atoms with Crippen molar-refractivity contribution in [2.45, 2.75) is 234 Å². The molecular weight excluding hydrogens is 979 g/mol. The fourth-order valence-electron chi connectivity index (χ4n) is 11.2. The van der Waals surface area contributed by atoms with E-state index in [2.05, 4.69) is 57.5 Å². The van der Waals surface area contributed by atoms with E-state index in [-0.39, 0.29) is 60.8 Å². The number of alkyl carbamates (subject to hydrolysis) is 1. The maximum Gasteiger partial charge on any atom is 0.408 e. The van der Waals surface area contributed by atoms with Gasteiger partial charge in [-0.25, -0.2) is 9.59 Å². The molecule has 3 N–H and O–H groups in total. The van der Waals surface area contributed by atoms with Gasteiger partial charge >= 0.3 is 18.0 Å². The van der Waals surface area contributed by atoms with E-state index in [1.165, 1.54) is 30.8 Å². The highest BCUT2D eigenvalue weighted by atomic mass is 28.4. The standard InChI is InChI=1S/C56H91N5O13Si/c1-19-35(12)46-44(74-75(32(6)7,33(8)9)34(10)11)28-45(62)72-49(31(4)5)48(63)36(13)50(64)57-41(25-30(2)3)52(66)60-24-20-21-42(60)53(67)61-29-39-26-40(70-18)23-22-38(39)27-43(61)54(68)71-37(14)47(51(65)58-46)59-55(69)73-56(15,16)17/h22-23,26,30-37,41-44,46-47,49H,19-21,24-25,27-29H2,1-18H3,(H,57,64)(H,58,65)(H,59,69)/t35-,36-,37+,41-,42-,43-,44-,46+,47-,49-/m0/s1. The van der Waals surface area contributed by atoms with Gasteiger partial charge in [0.1, 0.15) is 41.6 Å². The molecule has 3 aliphatic heterocycles. The van der Waals surface area contributed by atoms with E-state index in [1.54, 1.807) is 46.8 Å². The molecule has 1 aromatic carbocycles. The number of esters is 2. The van der Waals surface area contributed by atoms with Crippen molar-refractivity contribution in [2.24, 2.45) is 23.7 Å². The summed E-state index contributed by atoms with van der Waals surface area (Å²) in [4.78, 5) is 120. The van der Waals surface area contributed by atoms with Gasteiger partial charge in [0.25, 0.3) is 0 Å². The van der Waals surface area contributed by atoms with E-state index in [0.29, 0.717) is 18.6 Å². The molecule has 2 fully saturated rings. The predicted octanol–water partition coefficient (Wildman–Crippen LogP) is 7.56. The van der Waals surface area contributed by atoms with Crippen molar-refractivity contribution < 1.29 is 61.7 Å². The summed E-state index contributed by atoms with van der Waals surface area (Å²) in [5.41, 5.74) is 0.590. The molecule has 0 aliphatic carbocycles. The number of rotatable bonds is 12. The molecule has 3 aliphatic rings. The predicted molar refractivity (Wildman–Crippen MR) is 287 cm³/mol. The number of nitrogens with zero attached hydrogens (tertiary/aromatic N) is 2. The second-order valence-corrected chi connectivity index (χ2v) is 29.3. The topological polar surface area (TPSA) is 225 Å². The number of methoxy groups -OCH3 is 1. The minimum absolute atomic E-state index is 0.0152. The van der Waals surface area contributed by atoms with Crippen LogP contribution in [0.15, 0.2) is 18.2 Å². The van der Waals surface area contributed by atoms with E-state index in [4.69, 9.17) is 23.4 Å². The molecule has 75 heavy (non-hydrogen) atoms. The van der Waals surface area contributed by atoms with Crippen LogP contribution in [0.3, 0.4) is 0 Å². The zero-order valence-corrected chi connectivity index (χ0v) is 49.3. The molecular formula is C56H91N5O13Si. The van der Waals surface area contributed by atoms with Crippen molar-refractivity contribution >= 4 is 55.8 Å². The summed E-state index contributed by atoms with van der Waals surface area (Å²) in [5.74, 6) is -6.71. The summed E-state index contributed by atoms with van der Waals surface area (Å²) in [6.45, 7) is 31.6. The molecule has 1 aromatic rings. The van der Waals surface area contributed by atoms with E-state index >= 15 is 9.59 Å². The summed E-state index contributed by atoms with van der Waals surface area (Å²) in [6, 6.07) is -0.522. The van der Waals surface area contributed by atoms with Crippen molar-refractivity contribution in [1.82, 2.24) is 25.8 Å². The van der Waals surface area contributed by atoms with Gasteiger partial charge in [-0.2, -0.15) is 0 Å². The molecule has 422 valence electrons. The molecule has 3 heterocycles. The summed E-state index contributed by atoms with van der Waals surface area (Å²) >= 11 is 0. The Bertz CT molecular complexity index is 2190. The SMILES string of the molecule is CC[C@H](C)[C@H]1NC(=O)[C@@H](NC(=O)OC(C)(C)C)[C@@H](C)OC(=O)[C@@H]2Cc3ccc(OC)cc3CN2C(=O)[C@@H]2CCCN2C(=O)[C@H](CC(C)C)NC(=O)[C@@H](C)C(=O)[C@H](C(C)C)OC(=O)C[C@@H]1O[Si](C(C)C)(C(C)C)C(C)C. The van der Waals surface area contributed by atoms with Crippen molar-refractivity contribution in [2.75, 3.05) is 13.7 Å². The fraction of sp³-hybridized carbons (Fsp3) is 0.750. The van der Waals surface area contributed by atoms with Crippen molar-refractivity contribution in [3.8, 4) is 5.75 Å². The smallest absolute Gasteiger partial charge is 0.408 e. The van der Waals surface area contributed by atoms with Crippen LogP contribution in [0.5, 0.6) is 5.75 Å². The van der Waals surface area contributed by atoms with Gasteiger partial charge in [-0.3, -0.25) is 28.8 Å². The molecule has 0 radical (unpaired) electrons. The highest BCUT2D eigenvalue weighted by Gasteiger charge is 2.50. The summed E-state index contributed by atoms with van der Waals surface area (Å²) in [7, 11) is -1.36. The molecule has 2 saturated heterocycles. The number of amides is 5. The number of carbonyl (C=O) groups excluding carboxylic acids is 8. The van der Waals surface area contributed by atoms with Gasteiger partial charge in [-0.05, 0) is 112 Å². The number of hydrogen-bond donors (Lipinski definition) is 3. The summed E-state index contributed by atoms with van der Waals surface area (Å²) < 4.78 is 30.9. The number of cyclic esters (lactones) is 2. The second kappa shape index (κ2) is 26.3. The largest absolute Gasteiger partial charge is 0.497 e. The first-order valence-corrected chi connectivity index (χ1v) is 29.5. The summed E-state index contributed by atoms with van der Waals surface area (Å²) in [5, 5.41) is 8.63. The first-order chi connectivity index (χ1) is 34.9. The highest BCUT2D eigenvalue weighted by Crippen LogP contribution is 2.44. The average Bonchev–Trinajstić information content (AvgIpc) is 3.82. The maximum atomic E-state index is 15.2. The number of fused-ring (bicyclic) bond motifs is 3. The zero-order chi connectivity index (χ0) is 56.6. The molecule has 0 bridgehead atoms. The fourth-order valence-corrected chi connectivity index (χ4v) is 16.8. The minimum Gasteiger partial charge on any atom is -0.497 e. The van der Waals surface area contributed by atoms with Crippen molar-refractivity contribution in [1.29, 1.82) is 0 Å². The molecule has 4 rings (SSSR count). The second-order valence-electron chi connectivity index (χ2n) is 23.8. The Kier molecular flexibility index (Phi) is 21.9. The highest BCUT2D eigenvalue weighted by molar-refractivity contribution is 6.77. The Hall–Kier alpha value is -5.04. The lowest BCUT2D eigenvalue weighted by atomic mass is 9.91. The number of benzene rings is 1. The number of Topliss-reactive ketones (excluding diaryl/α,β-unsaturated/α-hetero) is 1. The van der Waals surface area contributed by atoms with Crippen LogP contribution in [-0.4, -0.2) is 133 Å². The van der Waals surface area contributed by atoms with E-state index in [0.717, 1.165) is 11.1 Å². The van der Waals surface area contributed by atoms with Crippen LogP contribution in [0.25, 0.3) is 0 Å². The van der Waals surface area contributed by atoms with E-state index < -0.39 is 128 Å². The third-order valence-electron chi connectivity index (χ3n) is 15.3. The van der Waals surface area contributed by atoms with Crippen LogP contribution in [0.1, 0.15) is 161 Å². The third-order valence-corrected chi connectivity index (χ3v) is 21.5. The Morgan fingerprint density at radius 2 is 1.44 bits per heavy atom. The molecule has 5 amide bonds. The third kappa shape index (κ3) is 15.3. The Labute approximate surface area is 447 Å². The molecule has 0 saturated carbocycles. The molecule has 0 aromatic heterocycles. The maximum absolute atomic E-state index is 15.2. The first kappa shape index (κ1) is 62.5. The lowest BCUT2D eigenvalue weighted by molar-refractivity contribution is -0.164. The van der Waals surface area contributed by atoms with Crippen LogP contribution in [0, 0.1) is 23.7 Å². The van der Waals surface area contributed by atoms with Gasteiger partial charge in [0, 0.05) is 19.5 Å². The van der Waals surface area contributed by atoms with Crippen LogP contribution < -0.4 is 20.7 Å². The lowest BCUT2D eigenvalue weighted by Gasteiger charge is -2.47. The molecule has 18 nitrogen and oxygen atoms in total. The minimum atomic E-state index is -2.88. The van der Waals surface area contributed by atoms with Gasteiger partial charge in [-0.1, -0.05) is 95.6 Å². The number of ketones is 1. The van der Waals surface area contributed by atoms with Gasteiger partial charge < -0.3 is 49.1 Å².